The zero-order valence-electron chi connectivity index (χ0n) is 31.5. The van der Waals surface area contributed by atoms with E-state index >= 15 is 0 Å². The van der Waals surface area contributed by atoms with Crippen LogP contribution in [0.2, 0.25) is 0 Å². The zero-order chi connectivity index (χ0) is 38.3. The first kappa shape index (κ1) is 37.6. The summed E-state index contributed by atoms with van der Waals surface area (Å²) in [5.41, 5.74) is -0.809. The first-order valence-electron chi connectivity index (χ1n) is 17.5. The third kappa shape index (κ3) is 6.00. The number of ether oxygens (including phenoxy) is 6. The van der Waals surface area contributed by atoms with Crippen molar-refractivity contribution >= 4 is 0 Å². The van der Waals surface area contributed by atoms with Crippen molar-refractivity contribution < 1.29 is 33.5 Å². The minimum Gasteiger partial charge on any atom is -0.497 e. The van der Waals surface area contributed by atoms with Gasteiger partial charge in [0.25, 0.3) is 0 Å². The van der Waals surface area contributed by atoms with Crippen molar-refractivity contribution in [2.24, 2.45) is 0 Å². The number of rotatable bonds is 15. The topological polar surface area (TPSA) is 75.6 Å². The van der Waals surface area contributed by atoms with Crippen LogP contribution in [0.5, 0.6) is 34.5 Å². The Morgan fingerprint density at radius 3 is 1.17 bits per heavy atom. The Morgan fingerprint density at radius 2 is 0.778 bits per heavy atom. The summed E-state index contributed by atoms with van der Waals surface area (Å²) in [5, 5.41) is 14.4. The van der Waals surface area contributed by atoms with Crippen LogP contribution in [0.25, 0.3) is 0 Å². The van der Waals surface area contributed by atoms with Crippen molar-refractivity contribution in [3.05, 3.63) is 192 Å². The Labute approximate surface area is 318 Å². The van der Waals surface area contributed by atoms with Gasteiger partial charge in [0.15, 0.2) is 0 Å². The van der Waals surface area contributed by atoms with Gasteiger partial charge in [0.05, 0.1) is 53.5 Å². The average molecular weight is 723 g/mol. The van der Waals surface area contributed by atoms with Crippen molar-refractivity contribution in [2.45, 2.75) is 16.4 Å². The highest BCUT2D eigenvalue weighted by Crippen LogP contribution is 2.66. The first-order chi connectivity index (χ1) is 26.3. The first-order valence-corrected chi connectivity index (χ1v) is 17.5. The van der Waals surface area contributed by atoms with Crippen LogP contribution in [0.4, 0.5) is 0 Å². The highest BCUT2D eigenvalue weighted by molar-refractivity contribution is 5.70. The molecule has 7 heteroatoms. The van der Waals surface area contributed by atoms with Gasteiger partial charge in [-0.3, -0.25) is 0 Å². The lowest BCUT2D eigenvalue weighted by Crippen LogP contribution is -2.63. The Kier molecular flexibility index (Phi) is 11.0. The molecule has 0 fully saturated rings. The van der Waals surface area contributed by atoms with Crippen molar-refractivity contribution in [2.75, 3.05) is 42.7 Å². The van der Waals surface area contributed by atoms with E-state index in [0.29, 0.717) is 51.2 Å². The lowest BCUT2D eigenvalue weighted by molar-refractivity contribution is -0.00662. The molecular formula is C47H46O7. The number of aliphatic hydroxyl groups is 1. The molecule has 7 nitrogen and oxygen atoms in total. The predicted molar refractivity (Wildman–Crippen MR) is 213 cm³/mol. The van der Waals surface area contributed by atoms with Gasteiger partial charge in [0.2, 0.25) is 0 Å². The van der Waals surface area contributed by atoms with Gasteiger partial charge in [0.1, 0.15) is 40.1 Å². The lowest BCUT2D eigenvalue weighted by Gasteiger charge is -2.59. The van der Waals surface area contributed by atoms with E-state index in [9.17, 15) is 5.11 Å². The van der Waals surface area contributed by atoms with E-state index < -0.39 is 16.4 Å². The summed E-state index contributed by atoms with van der Waals surface area (Å²) in [5.74, 6) is 3.54. The van der Waals surface area contributed by atoms with E-state index in [1.165, 1.54) is 0 Å². The van der Waals surface area contributed by atoms with E-state index in [1.807, 2.05) is 133 Å². The third-order valence-electron chi connectivity index (χ3n) is 10.5. The van der Waals surface area contributed by atoms with E-state index in [-0.39, 0.29) is 0 Å². The molecule has 0 aliphatic carbocycles. The summed E-state index contributed by atoms with van der Waals surface area (Å²) in [6, 6.07) is 46.8. The molecule has 0 aliphatic rings. The van der Waals surface area contributed by atoms with Crippen molar-refractivity contribution in [1.82, 2.24) is 0 Å². The molecule has 0 saturated carbocycles. The fraction of sp³-hybridized carbons (Fsp3) is 0.191. The van der Waals surface area contributed by atoms with Crippen LogP contribution < -0.4 is 28.4 Å². The van der Waals surface area contributed by atoms with Crippen molar-refractivity contribution in [1.29, 1.82) is 0 Å². The quantitative estimate of drug-likeness (QED) is 0.0837. The maximum absolute atomic E-state index is 14.4. The Morgan fingerprint density at radius 1 is 0.426 bits per heavy atom. The molecule has 0 aromatic heterocycles. The number of benzene rings is 6. The molecule has 0 saturated heterocycles. The van der Waals surface area contributed by atoms with Gasteiger partial charge in [-0.05, 0) is 94.5 Å². The summed E-state index contributed by atoms with van der Waals surface area (Å²) in [6.07, 6.45) is 1.62. The Bertz CT molecular complexity index is 2130. The minimum atomic E-state index is -1.97. The standard InChI is InChI=1S/C47H46O7/c1-8-45(48,33-16-11-21-38(28-33)49-2)47(36-19-14-24-41(31-36)52-5,37-20-15-25-42(32-37)53-6)46(34-17-12-22-39(29-34)50-3,35-18-13-23-40(30-35)51-4)43-26-9-10-27-44(43)54-7/h8-32,48H,1H2,2-7H3. The number of hydrogen-bond donors (Lipinski definition) is 1. The van der Waals surface area contributed by atoms with E-state index in [4.69, 9.17) is 28.4 Å². The maximum atomic E-state index is 14.4. The van der Waals surface area contributed by atoms with Gasteiger partial charge in [-0.2, -0.15) is 0 Å². The molecule has 0 radical (unpaired) electrons. The lowest BCUT2D eigenvalue weighted by atomic mass is 9.43. The molecule has 1 unspecified atom stereocenters. The van der Waals surface area contributed by atoms with Crippen LogP contribution in [0.3, 0.4) is 0 Å². The fourth-order valence-corrected chi connectivity index (χ4v) is 8.17. The second-order valence-corrected chi connectivity index (χ2v) is 12.8. The predicted octanol–water partition coefficient (Wildman–Crippen LogP) is 9.13. The van der Waals surface area contributed by atoms with Crippen LogP contribution in [0.15, 0.2) is 158 Å². The second-order valence-electron chi connectivity index (χ2n) is 12.8. The van der Waals surface area contributed by atoms with Crippen LogP contribution >= 0.6 is 0 Å². The highest BCUT2D eigenvalue weighted by Gasteiger charge is 2.67. The Hall–Kier alpha value is -6.18. The average Bonchev–Trinajstić information content (AvgIpc) is 3.25. The Balaban J connectivity index is 2.07. The van der Waals surface area contributed by atoms with Gasteiger partial charge in [-0.15, -0.1) is 0 Å². The van der Waals surface area contributed by atoms with Crippen LogP contribution in [0.1, 0.15) is 33.4 Å². The summed E-state index contributed by atoms with van der Waals surface area (Å²) < 4.78 is 35.9. The third-order valence-corrected chi connectivity index (χ3v) is 10.5. The smallest absolute Gasteiger partial charge is 0.123 e. The molecule has 6 aromatic rings. The van der Waals surface area contributed by atoms with E-state index in [1.54, 1.807) is 48.7 Å². The molecule has 1 N–H and O–H groups in total. The van der Waals surface area contributed by atoms with Crippen molar-refractivity contribution in [3.8, 4) is 34.5 Å². The molecular weight excluding hydrogens is 677 g/mol. The summed E-state index contributed by atoms with van der Waals surface area (Å²) in [7, 11) is 9.81. The van der Waals surface area contributed by atoms with E-state index in [2.05, 4.69) is 18.7 Å². The maximum Gasteiger partial charge on any atom is 0.123 e. The summed E-state index contributed by atoms with van der Waals surface area (Å²) in [4.78, 5) is 0. The second kappa shape index (κ2) is 15.8. The number of para-hydroxylation sites is 1. The monoisotopic (exact) mass is 722 g/mol. The molecule has 6 aromatic carbocycles. The molecule has 54 heavy (non-hydrogen) atoms. The molecule has 0 bridgehead atoms. The van der Waals surface area contributed by atoms with Gasteiger partial charge in [-0.1, -0.05) is 91.5 Å². The molecule has 0 amide bonds. The van der Waals surface area contributed by atoms with E-state index in [0.717, 1.165) is 16.7 Å². The van der Waals surface area contributed by atoms with Crippen LogP contribution in [0, 0.1) is 0 Å². The zero-order valence-corrected chi connectivity index (χ0v) is 31.5. The van der Waals surface area contributed by atoms with Gasteiger partial charge < -0.3 is 33.5 Å². The highest BCUT2D eigenvalue weighted by atomic mass is 16.5. The van der Waals surface area contributed by atoms with Gasteiger partial charge in [-0.25, -0.2) is 0 Å². The number of hydrogen-bond acceptors (Lipinski definition) is 7. The summed E-state index contributed by atoms with van der Waals surface area (Å²) in [6.45, 7) is 4.44. The molecule has 0 heterocycles. The van der Waals surface area contributed by atoms with Crippen LogP contribution in [-0.4, -0.2) is 47.8 Å². The van der Waals surface area contributed by atoms with Gasteiger partial charge >= 0.3 is 0 Å². The summed E-state index contributed by atoms with van der Waals surface area (Å²) >= 11 is 0. The largest absolute Gasteiger partial charge is 0.497 e. The molecule has 276 valence electrons. The van der Waals surface area contributed by atoms with Gasteiger partial charge in [0, 0.05) is 5.56 Å². The SMILES string of the molecule is C=CC(O)(c1cccc(OC)c1)C(c1cccc(OC)c1)(c1cccc(OC)c1)C(c1cccc(OC)c1)(c1cccc(OC)c1)c1ccccc1OC. The molecule has 0 aliphatic heterocycles. The molecule has 0 spiro atoms. The number of methoxy groups -OCH3 is 6. The minimum absolute atomic E-state index is 0.521. The molecule has 1 atom stereocenters. The molecule has 6 rings (SSSR count). The van der Waals surface area contributed by atoms with Crippen LogP contribution in [-0.2, 0) is 16.4 Å². The normalized spacial score (nSPS) is 12.6. The fourth-order valence-electron chi connectivity index (χ4n) is 8.17. The van der Waals surface area contributed by atoms with Crippen molar-refractivity contribution in [3.63, 3.8) is 0 Å².